The predicted molar refractivity (Wildman–Crippen MR) is 149 cm³/mol. The molecule has 0 aromatic heterocycles. The lowest BCUT2D eigenvalue weighted by Crippen LogP contribution is -2.39. The van der Waals surface area contributed by atoms with Gasteiger partial charge in [-0.2, -0.15) is 0 Å². The first-order valence-electron chi connectivity index (χ1n) is 14.7. The van der Waals surface area contributed by atoms with Gasteiger partial charge < -0.3 is 20.6 Å². The Balaban J connectivity index is 1.42. The highest BCUT2D eigenvalue weighted by molar-refractivity contribution is 5.86. The van der Waals surface area contributed by atoms with E-state index in [1.807, 2.05) is 6.08 Å². The van der Waals surface area contributed by atoms with Crippen LogP contribution in [0.5, 0.6) is 0 Å². The minimum atomic E-state index is -0.718. The molecule has 0 aromatic carbocycles. The first kappa shape index (κ1) is 28.3. The van der Waals surface area contributed by atoms with Crippen LogP contribution >= 0.6 is 0 Å². The minimum absolute atomic E-state index is 0.00973. The zero-order valence-electron chi connectivity index (χ0n) is 23.2. The number of aliphatic hydroxyl groups is 3. The fraction of sp³-hybridized carbons (Fsp3) is 0.719. The van der Waals surface area contributed by atoms with Crippen molar-refractivity contribution in [3.8, 4) is 0 Å². The van der Waals surface area contributed by atoms with Crippen LogP contribution in [0.4, 0.5) is 0 Å². The highest BCUT2D eigenvalue weighted by Crippen LogP contribution is 2.59. The van der Waals surface area contributed by atoms with Gasteiger partial charge in [-0.3, -0.25) is 4.79 Å². The average molecular weight is 512 g/mol. The van der Waals surface area contributed by atoms with Crippen LogP contribution in [0.3, 0.4) is 0 Å². The highest BCUT2D eigenvalue weighted by atomic mass is 16.3. The third-order valence-corrected chi connectivity index (χ3v) is 10.2. The lowest BCUT2D eigenvalue weighted by atomic mass is 9.61. The molecule has 1 amide bonds. The Bertz CT molecular complexity index is 944. The van der Waals surface area contributed by atoms with Crippen molar-refractivity contribution in [1.82, 2.24) is 5.32 Å². The molecule has 4 fully saturated rings. The standard InChI is InChI=1S/C32H49NO4/c1-5-6-18-33-30(37)32(16-17-32)29(36)14-9-21(2)26-12-13-27-23(8-7-15-31(26,27)4)10-11-24-19-25(34)20-28(35)22(24)3/h9-11,14,21,25-29,34-36H,3,5-8,12-13,15-20H2,1-2,4H3,(H,33,37)/b14-9+,23-10+,24-11-/t21-,25-,26-,27?,28+,29?,31-/m1/s1. The molecule has 7 atom stereocenters. The van der Waals surface area contributed by atoms with Crippen molar-refractivity contribution in [2.75, 3.05) is 6.54 Å². The van der Waals surface area contributed by atoms with Gasteiger partial charge in [-0.25, -0.2) is 0 Å². The van der Waals surface area contributed by atoms with Crippen molar-refractivity contribution >= 4 is 5.91 Å². The number of hydrogen-bond acceptors (Lipinski definition) is 4. The molecule has 4 N–H and O–H groups in total. The van der Waals surface area contributed by atoms with E-state index in [4.69, 9.17) is 0 Å². The molecule has 5 heteroatoms. The molecule has 206 valence electrons. The number of fused-ring (bicyclic) bond motifs is 1. The largest absolute Gasteiger partial charge is 0.393 e. The summed E-state index contributed by atoms with van der Waals surface area (Å²) in [6.45, 7) is 11.6. The van der Waals surface area contributed by atoms with Crippen molar-refractivity contribution < 1.29 is 20.1 Å². The van der Waals surface area contributed by atoms with Crippen LogP contribution in [0, 0.1) is 28.6 Å². The van der Waals surface area contributed by atoms with E-state index in [0.29, 0.717) is 37.1 Å². The maximum absolute atomic E-state index is 12.7. The number of unbranched alkanes of at least 4 members (excludes halogenated alkanes) is 1. The molecule has 4 aliphatic rings. The van der Waals surface area contributed by atoms with E-state index in [-0.39, 0.29) is 11.3 Å². The van der Waals surface area contributed by atoms with Gasteiger partial charge in [0.05, 0.1) is 23.7 Å². The van der Waals surface area contributed by atoms with Gasteiger partial charge in [-0.15, -0.1) is 0 Å². The summed E-state index contributed by atoms with van der Waals surface area (Å²) in [5, 5.41) is 34.3. The number of hydrogen-bond donors (Lipinski definition) is 4. The summed E-state index contributed by atoms with van der Waals surface area (Å²) in [5.41, 5.74) is 2.80. The summed E-state index contributed by atoms with van der Waals surface area (Å²) >= 11 is 0. The predicted octanol–water partition coefficient (Wildman–Crippen LogP) is 5.38. The SMILES string of the molecule is C=C1/C(=C\C=C2/CCC[C@@]3(C)C2CC[C@@H]3[C@H](C)/C=C/C(O)C2(C(=O)NCCCC)CC2)C[C@@H](O)C[C@@H]1O. The fourth-order valence-electron chi connectivity index (χ4n) is 7.55. The molecule has 4 rings (SSSR count). The van der Waals surface area contributed by atoms with Crippen molar-refractivity contribution in [2.45, 2.75) is 110 Å². The Hall–Kier alpha value is -1.69. The Morgan fingerprint density at radius 2 is 1.95 bits per heavy atom. The molecular formula is C32H49NO4. The van der Waals surface area contributed by atoms with Gasteiger partial charge in [0.15, 0.2) is 0 Å². The zero-order chi connectivity index (χ0) is 26.8. The summed E-state index contributed by atoms with van der Waals surface area (Å²) in [7, 11) is 0. The molecule has 4 saturated carbocycles. The number of carbonyl (C=O) groups is 1. The van der Waals surface area contributed by atoms with Gasteiger partial charge >= 0.3 is 0 Å². The summed E-state index contributed by atoms with van der Waals surface area (Å²) < 4.78 is 0. The molecule has 0 heterocycles. The van der Waals surface area contributed by atoms with Crippen LogP contribution in [0.1, 0.15) is 91.4 Å². The third-order valence-electron chi connectivity index (χ3n) is 10.2. The fourth-order valence-corrected chi connectivity index (χ4v) is 7.55. The number of amides is 1. The molecule has 0 aromatic rings. The normalized spacial score (nSPS) is 37.1. The van der Waals surface area contributed by atoms with Crippen molar-refractivity contribution in [2.24, 2.45) is 28.6 Å². The quantitative estimate of drug-likeness (QED) is 0.247. The number of aliphatic hydroxyl groups excluding tert-OH is 3. The van der Waals surface area contributed by atoms with Crippen molar-refractivity contribution in [3.05, 3.63) is 47.6 Å². The van der Waals surface area contributed by atoms with E-state index in [1.54, 1.807) is 0 Å². The number of nitrogens with one attached hydrogen (secondary N) is 1. The lowest BCUT2D eigenvalue weighted by molar-refractivity contribution is -0.129. The van der Waals surface area contributed by atoms with Crippen molar-refractivity contribution in [1.29, 1.82) is 0 Å². The van der Waals surface area contributed by atoms with Gasteiger partial charge in [-0.1, -0.05) is 63.6 Å². The lowest BCUT2D eigenvalue weighted by Gasteiger charge is -2.44. The second-order valence-corrected chi connectivity index (χ2v) is 12.6. The molecule has 2 unspecified atom stereocenters. The van der Waals surface area contributed by atoms with E-state index < -0.39 is 23.7 Å². The molecule has 0 aliphatic heterocycles. The number of rotatable bonds is 9. The Labute approximate surface area is 223 Å². The molecule has 0 spiro atoms. The number of carbonyl (C=O) groups excluding carboxylic acids is 1. The zero-order valence-corrected chi connectivity index (χ0v) is 23.2. The molecule has 5 nitrogen and oxygen atoms in total. The molecule has 0 radical (unpaired) electrons. The third kappa shape index (κ3) is 5.84. The smallest absolute Gasteiger partial charge is 0.229 e. The Kier molecular flexibility index (Phi) is 8.87. The van der Waals surface area contributed by atoms with Crippen LogP contribution in [0.2, 0.25) is 0 Å². The Morgan fingerprint density at radius 1 is 1.19 bits per heavy atom. The van der Waals surface area contributed by atoms with Gasteiger partial charge in [0.1, 0.15) is 0 Å². The second kappa shape index (κ2) is 11.6. The van der Waals surface area contributed by atoms with Crippen LogP contribution in [-0.2, 0) is 4.79 Å². The van der Waals surface area contributed by atoms with E-state index in [9.17, 15) is 20.1 Å². The first-order chi connectivity index (χ1) is 17.6. The summed E-state index contributed by atoms with van der Waals surface area (Å²) in [6, 6.07) is 0. The molecule has 0 saturated heterocycles. The van der Waals surface area contributed by atoms with Gasteiger partial charge in [0.2, 0.25) is 5.91 Å². The first-order valence-corrected chi connectivity index (χ1v) is 14.7. The van der Waals surface area contributed by atoms with Crippen LogP contribution in [-0.4, -0.2) is 46.1 Å². The number of allylic oxidation sites excluding steroid dienone is 4. The molecule has 37 heavy (non-hydrogen) atoms. The van der Waals surface area contributed by atoms with Crippen LogP contribution in [0.25, 0.3) is 0 Å². The van der Waals surface area contributed by atoms with Crippen molar-refractivity contribution in [3.63, 3.8) is 0 Å². The molecule has 4 aliphatic carbocycles. The topological polar surface area (TPSA) is 89.8 Å². The van der Waals surface area contributed by atoms with E-state index in [1.165, 1.54) is 31.3 Å². The van der Waals surface area contributed by atoms with Crippen LogP contribution in [0.15, 0.2) is 47.6 Å². The summed E-state index contributed by atoms with van der Waals surface area (Å²) in [5.74, 6) is 1.43. The maximum atomic E-state index is 12.7. The van der Waals surface area contributed by atoms with E-state index in [2.05, 4.69) is 50.9 Å². The van der Waals surface area contributed by atoms with E-state index >= 15 is 0 Å². The van der Waals surface area contributed by atoms with Gasteiger partial charge in [0.25, 0.3) is 0 Å². The maximum Gasteiger partial charge on any atom is 0.229 e. The highest BCUT2D eigenvalue weighted by Gasteiger charge is 2.55. The summed E-state index contributed by atoms with van der Waals surface area (Å²) in [6.07, 6.45) is 16.9. The Morgan fingerprint density at radius 3 is 2.65 bits per heavy atom. The second-order valence-electron chi connectivity index (χ2n) is 12.6. The minimum Gasteiger partial charge on any atom is -0.393 e. The molecule has 0 bridgehead atoms. The van der Waals surface area contributed by atoms with Gasteiger partial charge in [0, 0.05) is 13.0 Å². The van der Waals surface area contributed by atoms with E-state index in [0.717, 1.165) is 43.3 Å². The van der Waals surface area contributed by atoms with Crippen LogP contribution < -0.4 is 5.32 Å². The van der Waals surface area contributed by atoms with Gasteiger partial charge in [-0.05, 0) is 92.1 Å². The monoisotopic (exact) mass is 511 g/mol. The summed E-state index contributed by atoms with van der Waals surface area (Å²) in [4.78, 5) is 12.7. The molecular weight excluding hydrogens is 462 g/mol. The average Bonchev–Trinajstić information content (AvgIpc) is 3.60.